The number of ether oxygens (including phenoxy) is 1. The van der Waals surface area contributed by atoms with Crippen LogP contribution in [0.2, 0.25) is 0 Å². The number of hydrogen-bond acceptors (Lipinski definition) is 8. The van der Waals surface area contributed by atoms with Gasteiger partial charge in [-0.3, -0.25) is 4.98 Å². The average molecular weight is 585 g/mol. The number of nitrogens with one attached hydrogen (secondary N) is 1. The van der Waals surface area contributed by atoms with Crippen molar-refractivity contribution < 1.29 is 18.6 Å². The molecule has 0 radical (unpaired) electrons. The largest absolute Gasteiger partial charge is 0.508 e. The van der Waals surface area contributed by atoms with Gasteiger partial charge in [0.15, 0.2) is 5.82 Å². The lowest BCUT2D eigenvalue weighted by Crippen LogP contribution is -2.49. The normalized spacial score (nSPS) is 20.0. The predicted molar refractivity (Wildman–Crippen MR) is 162 cm³/mol. The van der Waals surface area contributed by atoms with Gasteiger partial charge in [-0.05, 0) is 69.3 Å². The first-order valence-corrected chi connectivity index (χ1v) is 15.0. The smallest absolute Gasteiger partial charge is 0.319 e. The molecule has 1 aliphatic carbocycles. The third-order valence-electron chi connectivity index (χ3n) is 8.99. The maximum absolute atomic E-state index is 16.6. The number of piperazine rings is 1. The molecule has 2 aromatic carbocycles. The van der Waals surface area contributed by atoms with E-state index in [4.69, 9.17) is 16.1 Å². The molecule has 0 spiro atoms. The van der Waals surface area contributed by atoms with Gasteiger partial charge in [0.2, 0.25) is 0 Å². The number of hydrogen-bond donors (Lipinski definition) is 2. The summed E-state index contributed by atoms with van der Waals surface area (Å²) in [5.74, 6) is 1.50. The van der Waals surface area contributed by atoms with Crippen molar-refractivity contribution >= 4 is 27.5 Å². The first-order valence-electron chi connectivity index (χ1n) is 15.0. The van der Waals surface area contributed by atoms with Gasteiger partial charge < -0.3 is 25.0 Å². The number of halogens is 2. The van der Waals surface area contributed by atoms with Crippen LogP contribution in [0.15, 0.2) is 30.5 Å². The van der Waals surface area contributed by atoms with Crippen LogP contribution in [0.5, 0.6) is 11.8 Å². The number of phenolic OH excluding ortho intramolecular Hbond substituents is 1. The zero-order valence-electron chi connectivity index (χ0n) is 24.2. The SMILES string of the molecule is C#Cc1c(F)ccc2cc(O)cc(-c3ncc4c(N5CCNC(C)C5)nc(OCC5(CN6CCCC6)CC5)nc4c3F)c12. The molecule has 2 aromatic heterocycles. The van der Waals surface area contributed by atoms with Crippen molar-refractivity contribution in [3.8, 4) is 35.4 Å². The number of terminal acetylenes is 1. The maximum Gasteiger partial charge on any atom is 0.319 e. The molecule has 2 saturated heterocycles. The van der Waals surface area contributed by atoms with Gasteiger partial charge in [0.25, 0.3) is 0 Å². The lowest BCUT2D eigenvalue weighted by atomic mass is 9.96. The highest BCUT2D eigenvalue weighted by molar-refractivity contribution is 6.03. The minimum atomic E-state index is -0.716. The Morgan fingerprint density at radius 3 is 2.72 bits per heavy atom. The van der Waals surface area contributed by atoms with Crippen LogP contribution in [-0.4, -0.2) is 76.9 Å². The van der Waals surface area contributed by atoms with Crippen molar-refractivity contribution in [1.29, 1.82) is 0 Å². The molecule has 0 bridgehead atoms. The van der Waals surface area contributed by atoms with Crippen LogP contribution in [0, 0.1) is 29.4 Å². The fraction of sp³-hybridized carbons (Fsp3) is 0.424. The number of aromatic nitrogens is 3. The highest BCUT2D eigenvalue weighted by Gasteiger charge is 2.45. The summed E-state index contributed by atoms with van der Waals surface area (Å²) >= 11 is 0. The zero-order valence-corrected chi connectivity index (χ0v) is 24.2. The number of pyridine rings is 1. The van der Waals surface area contributed by atoms with Gasteiger partial charge >= 0.3 is 6.01 Å². The number of likely N-dealkylation sites (tertiary alicyclic amines) is 1. The molecule has 1 unspecified atom stereocenters. The number of rotatable bonds is 7. The molecular formula is C33H34F2N6O2. The standard InChI is InChI=1S/C33H34F2N6O2/c1-3-23-26(34)7-6-21-14-22(42)15-24(27(21)23)29-28(35)30-25(16-37-29)31(41-13-10-36-20(2)17-41)39-32(38-30)43-19-33(8-9-33)18-40-11-4-5-12-40/h1,6-7,14-16,20,36,42H,4-5,8-13,17-19H2,2H3. The quantitative estimate of drug-likeness (QED) is 0.298. The van der Waals surface area contributed by atoms with Gasteiger partial charge in [-0.25, -0.2) is 8.78 Å². The molecule has 43 heavy (non-hydrogen) atoms. The maximum atomic E-state index is 16.6. The number of benzene rings is 2. The van der Waals surface area contributed by atoms with Gasteiger partial charge in [-0.1, -0.05) is 12.0 Å². The molecule has 3 fully saturated rings. The summed E-state index contributed by atoms with van der Waals surface area (Å²) in [6.07, 6.45) is 11.8. The summed E-state index contributed by atoms with van der Waals surface area (Å²) in [5.41, 5.74) is 0.194. The second kappa shape index (κ2) is 10.9. The summed E-state index contributed by atoms with van der Waals surface area (Å²) in [7, 11) is 0. The second-order valence-corrected chi connectivity index (χ2v) is 12.2. The fourth-order valence-corrected chi connectivity index (χ4v) is 6.55. The fourth-order valence-electron chi connectivity index (χ4n) is 6.55. The Morgan fingerprint density at radius 1 is 1.16 bits per heavy atom. The summed E-state index contributed by atoms with van der Waals surface area (Å²) in [5, 5.41) is 15.1. The first kappa shape index (κ1) is 27.7. The summed E-state index contributed by atoms with van der Waals surface area (Å²) in [6.45, 7) is 7.90. The van der Waals surface area contributed by atoms with Gasteiger partial charge in [0.1, 0.15) is 28.6 Å². The second-order valence-electron chi connectivity index (χ2n) is 12.2. The van der Waals surface area contributed by atoms with Crippen LogP contribution in [0.1, 0.15) is 38.2 Å². The predicted octanol–water partition coefficient (Wildman–Crippen LogP) is 4.86. The van der Waals surface area contributed by atoms with E-state index in [0.29, 0.717) is 41.7 Å². The van der Waals surface area contributed by atoms with Crippen LogP contribution in [0.25, 0.3) is 32.9 Å². The molecule has 0 amide bonds. The van der Waals surface area contributed by atoms with E-state index >= 15 is 4.39 Å². The average Bonchev–Trinajstić information content (AvgIpc) is 3.57. The van der Waals surface area contributed by atoms with Crippen LogP contribution < -0.4 is 15.0 Å². The van der Waals surface area contributed by atoms with Crippen molar-refractivity contribution in [3.63, 3.8) is 0 Å². The Kier molecular flexibility index (Phi) is 7.02. The molecule has 222 valence electrons. The van der Waals surface area contributed by atoms with Crippen LogP contribution in [0.4, 0.5) is 14.6 Å². The molecule has 8 nitrogen and oxygen atoms in total. The molecule has 4 heterocycles. The van der Waals surface area contributed by atoms with Crippen molar-refractivity contribution in [2.45, 2.75) is 38.6 Å². The van der Waals surface area contributed by atoms with Crippen LogP contribution in [-0.2, 0) is 0 Å². The van der Waals surface area contributed by atoms with Crippen LogP contribution in [0.3, 0.4) is 0 Å². The minimum Gasteiger partial charge on any atom is -0.508 e. The van der Waals surface area contributed by atoms with Crippen molar-refractivity contribution in [2.24, 2.45) is 5.41 Å². The van der Waals surface area contributed by atoms with E-state index in [1.54, 1.807) is 6.20 Å². The molecule has 1 saturated carbocycles. The van der Waals surface area contributed by atoms with E-state index in [9.17, 15) is 9.50 Å². The molecule has 3 aliphatic rings. The van der Waals surface area contributed by atoms with E-state index in [-0.39, 0.29) is 45.6 Å². The monoisotopic (exact) mass is 584 g/mol. The summed E-state index contributed by atoms with van der Waals surface area (Å²) in [4.78, 5) is 18.5. The zero-order chi connectivity index (χ0) is 29.7. The van der Waals surface area contributed by atoms with E-state index in [1.165, 1.54) is 37.1 Å². The summed E-state index contributed by atoms with van der Waals surface area (Å²) in [6, 6.07) is 5.89. The highest BCUT2D eigenvalue weighted by atomic mass is 19.1. The molecule has 7 rings (SSSR count). The molecule has 10 heteroatoms. The van der Waals surface area contributed by atoms with Gasteiger partial charge in [0.05, 0.1) is 17.6 Å². The highest BCUT2D eigenvalue weighted by Crippen LogP contribution is 2.47. The van der Waals surface area contributed by atoms with Gasteiger partial charge in [-0.15, -0.1) is 6.42 Å². The molecule has 2 N–H and O–H groups in total. The van der Waals surface area contributed by atoms with Gasteiger partial charge in [0, 0.05) is 54.8 Å². The Morgan fingerprint density at radius 2 is 1.98 bits per heavy atom. The number of fused-ring (bicyclic) bond motifs is 2. The number of aromatic hydroxyl groups is 1. The molecular weight excluding hydrogens is 550 g/mol. The van der Waals surface area contributed by atoms with Crippen molar-refractivity contribution in [1.82, 2.24) is 25.2 Å². The Hall–Kier alpha value is -4.07. The molecule has 1 atom stereocenters. The van der Waals surface area contributed by atoms with E-state index in [1.807, 2.05) is 0 Å². The van der Waals surface area contributed by atoms with E-state index < -0.39 is 11.6 Å². The number of anilines is 1. The van der Waals surface area contributed by atoms with Crippen molar-refractivity contribution in [3.05, 3.63) is 47.7 Å². The minimum absolute atomic E-state index is 0.0243. The Labute approximate surface area is 249 Å². The lowest BCUT2D eigenvalue weighted by molar-refractivity contribution is 0.170. The van der Waals surface area contributed by atoms with E-state index in [0.717, 1.165) is 39.0 Å². The first-order chi connectivity index (χ1) is 20.8. The third kappa shape index (κ3) is 5.21. The Balaban J connectivity index is 1.34. The van der Waals surface area contributed by atoms with E-state index in [2.05, 4.69) is 37.9 Å². The van der Waals surface area contributed by atoms with Crippen LogP contribution >= 0.6 is 0 Å². The van der Waals surface area contributed by atoms with Gasteiger partial charge in [-0.2, -0.15) is 9.97 Å². The molecule has 4 aromatic rings. The Bertz CT molecular complexity index is 1760. The third-order valence-corrected chi connectivity index (χ3v) is 8.99. The number of phenols is 1. The molecule has 2 aliphatic heterocycles. The summed E-state index contributed by atoms with van der Waals surface area (Å²) < 4.78 is 37.7. The van der Waals surface area contributed by atoms with Crippen molar-refractivity contribution in [2.75, 3.05) is 50.8 Å². The topological polar surface area (TPSA) is 86.6 Å². The lowest BCUT2D eigenvalue weighted by Gasteiger charge is -2.33. The number of nitrogens with zero attached hydrogens (tertiary/aromatic N) is 5.